The number of carbonyl (C=O) groups is 1. The van der Waals surface area contributed by atoms with E-state index in [1.165, 1.54) is 0 Å². The van der Waals surface area contributed by atoms with Crippen LogP contribution in [0, 0.1) is 12.3 Å². The van der Waals surface area contributed by atoms with Crippen molar-refractivity contribution in [1.82, 2.24) is 16.0 Å². The van der Waals surface area contributed by atoms with E-state index in [9.17, 15) is 4.79 Å². The first-order chi connectivity index (χ1) is 12.9. The molecule has 0 saturated heterocycles. The molecule has 0 aromatic heterocycles. The first-order valence-corrected chi connectivity index (χ1v) is 10.0. The van der Waals surface area contributed by atoms with Crippen LogP contribution in [-0.4, -0.2) is 37.1 Å². The Kier molecular flexibility index (Phi) is 11.6. The molecule has 0 aliphatic carbocycles. The Morgan fingerprint density at radius 1 is 1.03 bits per heavy atom. The normalized spacial score (nSPS) is 12.1. The summed E-state index contributed by atoms with van der Waals surface area (Å²) in [6.45, 7) is 18.3. The quantitative estimate of drug-likeness (QED) is 0.221. The summed E-state index contributed by atoms with van der Waals surface area (Å²) in [6, 6.07) is 6.19. The molecule has 0 aliphatic heterocycles. The van der Waals surface area contributed by atoms with E-state index in [-0.39, 0.29) is 40.9 Å². The minimum absolute atomic E-state index is 0. The molecule has 7 heteroatoms. The van der Waals surface area contributed by atoms with Crippen LogP contribution in [0.4, 0.5) is 0 Å². The number of benzene rings is 1. The van der Waals surface area contributed by atoms with Crippen molar-refractivity contribution < 1.29 is 9.53 Å². The Morgan fingerprint density at radius 3 is 2.21 bits per heavy atom. The highest BCUT2D eigenvalue weighted by Crippen LogP contribution is 2.25. The number of hydrogen-bond donors (Lipinski definition) is 3. The van der Waals surface area contributed by atoms with E-state index in [1.807, 2.05) is 48.5 Å². The van der Waals surface area contributed by atoms with E-state index in [0.717, 1.165) is 29.4 Å². The summed E-state index contributed by atoms with van der Waals surface area (Å²) in [6.07, 6.45) is 0. The first kappa shape index (κ1) is 27.5. The lowest BCUT2D eigenvalue weighted by Crippen LogP contribution is -2.43. The number of nitrogens with one attached hydrogen (secondary N) is 3. The number of nitrogens with zero attached hydrogens (tertiary/aromatic N) is 1. The van der Waals surface area contributed by atoms with Crippen LogP contribution >= 0.6 is 24.0 Å². The number of aryl methyl sites for hydroxylation is 1. The largest absolute Gasteiger partial charge is 0.488 e. The second-order valence-electron chi connectivity index (χ2n) is 8.95. The van der Waals surface area contributed by atoms with Gasteiger partial charge in [0.1, 0.15) is 11.4 Å². The van der Waals surface area contributed by atoms with Gasteiger partial charge in [-0.15, -0.1) is 24.0 Å². The zero-order chi connectivity index (χ0) is 21.4. The molecule has 0 spiro atoms. The summed E-state index contributed by atoms with van der Waals surface area (Å²) in [5.41, 5.74) is 1.55. The summed E-state index contributed by atoms with van der Waals surface area (Å²) >= 11 is 0. The van der Waals surface area contributed by atoms with Gasteiger partial charge in [-0.25, -0.2) is 4.99 Å². The fraction of sp³-hybridized carbons (Fsp3) is 0.636. The van der Waals surface area contributed by atoms with Crippen LogP contribution < -0.4 is 20.7 Å². The van der Waals surface area contributed by atoms with Gasteiger partial charge >= 0.3 is 0 Å². The number of amides is 1. The first-order valence-electron chi connectivity index (χ1n) is 10.0. The molecule has 1 amide bonds. The molecule has 0 atom stereocenters. The minimum Gasteiger partial charge on any atom is -0.488 e. The number of aliphatic imine (C=N–C) groups is 1. The zero-order valence-corrected chi connectivity index (χ0v) is 21.6. The second kappa shape index (κ2) is 12.2. The number of rotatable bonds is 7. The molecule has 166 valence electrons. The molecule has 1 aromatic carbocycles. The number of carbonyl (C=O) groups excluding carboxylic acids is 1. The van der Waals surface area contributed by atoms with E-state index < -0.39 is 0 Å². The Bertz CT molecular complexity index is 676. The number of ether oxygens (including phenoxy) is 1. The Labute approximate surface area is 193 Å². The maximum absolute atomic E-state index is 11.9. The molecular formula is C22H39IN4O2. The summed E-state index contributed by atoms with van der Waals surface area (Å²) in [5.74, 6) is 1.62. The van der Waals surface area contributed by atoms with Gasteiger partial charge < -0.3 is 20.7 Å². The van der Waals surface area contributed by atoms with Crippen molar-refractivity contribution in [2.75, 3.05) is 19.6 Å². The van der Waals surface area contributed by atoms with Crippen LogP contribution in [-0.2, 0) is 11.3 Å². The highest BCUT2D eigenvalue weighted by Gasteiger charge is 2.20. The second-order valence-corrected chi connectivity index (χ2v) is 8.95. The Hall–Kier alpha value is -1.51. The molecule has 1 aromatic rings. The lowest BCUT2D eigenvalue weighted by atomic mass is 9.96. The SMILES string of the molecule is CCNC(=NCc1ccc(C)cc1OC(C)(C)C)NCCNC(=O)C(C)(C)C.I. The zero-order valence-electron chi connectivity index (χ0n) is 19.2. The van der Waals surface area contributed by atoms with Crippen LogP contribution in [0.15, 0.2) is 23.2 Å². The topological polar surface area (TPSA) is 74.8 Å². The van der Waals surface area contributed by atoms with Crippen molar-refractivity contribution in [1.29, 1.82) is 0 Å². The smallest absolute Gasteiger partial charge is 0.225 e. The Morgan fingerprint density at radius 2 is 1.66 bits per heavy atom. The summed E-state index contributed by atoms with van der Waals surface area (Å²) in [7, 11) is 0. The predicted molar refractivity (Wildman–Crippen MR) is 132 cm³/mol. The molecule has 0 unspecified atom stereocenters. The van der Waals surface area contributed by atoms with Crippen LogP contribution in [0.3, 0.4) is 0 Å². The van der Waals surface area contributed by atoms with E-state index in [4.69, 9.17) is 4.74 Å². The predicted octanol–water partition coefficient (Wildman–Crippen LogP) is 4.01. The summed E-state index contributed by atoms with van der Waals surface area (Å²) in [5, 5.41) is 9.43. The van der Waals surface area contributed by atoms with Crippen molar-refractivity contribution in [2.45, 2.75) is 67.5 Å². The lowest BCUT2D eigenvalue weighted by Gasteiger charge is -2.23. The summed E-state index contributed by atoms with van der Waals surface area (Å²) < 4.78 is 6.11. The average Bonchev–Trinajstić information content (AvgIpc) is 2.55. The molecule has 0 saturated carbocycles. The van der Waals surface area contributed by atoms with Gasteiger partial charge in [0.2, 0.25) is 5.91 Å². The van der Waals surface area contributed by atoms with Crippen molar-refractivity contribution in [3.8, 4) is 5.75 Å². The van der Waals surface area contributed by atoms with Gasteiger partial charge in [0.25, 0.3) is 0 Å². The number of hydrogen-bond acceptors (Lipinski definition) is 3. The van der Waals surface area contributed by atoms with Crippen molar-refractivity contribution in [2.24, 2.45) is 10.4 Å². The van der Waals surface area contributed by atoms with Crippen molar-refractivity contribution in [3.05, 3.63) is 29.3 Å². The molecule has 29 heavy (non-hydrogen) atoms. The molecule has 3 N–H and O–H groups in total. The fourth-order valence-corrected chi connectivity index (χ4v) is 2.35. The van der Waals surface area contributed by atoms with Gasteiger partial charge in [0, 0.05) is 30.6 Å². The highest BCUT2D eigenvalue weighted by atomic mass is 127. The van der Waals surface area contributed by atoms with Gasteiger partial charge in [0.15, 0.2) is 5.96 Å². The molecule has 0 radical (unpaired) electrons. The van der Waals surface area contributed by atoms with Crippen LogP contribution in [0.25, 0.3) is 0 Å². The average molecular weight is 518 g/mol. The maximum Gasteiger partial charge on any atom is 0.225 e. The van der Waals surface area contributed by atoms with Crippen molar-refractivity contribution >= 4 is 35.8 Å². The third-order valence-electron chi connectivity index (χ3n) is 3.77. The molecule has 1 rings (SSSR count). The molecule has 0 bridgehead atoms. The minimum atomic E-state index is -0.381. The summed E-state index contributed by atoms with van der Waals surface area (Å²) in [4.78, 5) is 16.6. The number of halogens is 1. The fourth-order valence-electron chi connectivity index (χ4n) is 2.35. The van der Waals surface area contributed by atoms with E-state index in [0.29, 0.717) is 19.6 Å². The number of guanidine groups is 1. The van der Waals surface area contributed by atoms with Gasteiger partial charge in [0.05, 0.1) is 6.54 Å². The van der Waals surface area contributed by atoms with Crippen LogP contribution in [0.2, 0.25) is 0 Å². The van der Waals surface area contributed by atoms with Gasteiger partial charge in [-0.1, -0.05) is 32.9 Å². The highest BCUT2D eigenvalue weighted by molar-refractivity contribution is 14.0. The van der Waals surface area contributed by atoms with Gasteiger partial charge in [-0.3, -0.25) is 4.79 Å². The molecule has 6 nitrogen and oxygen atoms in total. The standard InChI is InChI=1S/C22H38N4O2.HI/c1-9-23-20(25-13-12-24-19(27)21(3,4)5)26-15-17-11-10-16(2)14-18(17)28-22(6,7)8;/h10-11,14H,9,12-13,15H2,1-8H3,(H,24,27)(H2,23,25,26);1H. The molecule has 0 aliphatic rings. The van der Waals surface area contributed by atoms with Crippen molar-refractivity contribution in [3.63, 3.8) is 0 Å². The van der Waals surface area contributed by atoms with Crippen LogP contribution in [0.1, 0.15) is 59.6 Å². The molecule has 0 heterocycles. The van der Waals surface area contributed by atoms with Gasteiger partial charge in [-0.2, -0.15) is 0 Å². The molecular weight excluding hydrogens is 479 g/mol. The monoisotopic (exact) mass is 518 g/mol. The molecule has 0 fully saturated rings. The Balaban J connectivity index is 0.00000784. The van der Waals surface area contributed by atoms with E-state index in [1.54, 1.807) is 0 Å². The van der Waals surface area contributed by atoms with E-state index in [2.05, 4.69) is 46.1 Å². The third kappa shape index (κ3) is 11.3. The van der Waals surface area contributed by atoms with Crippen LogP contribution in [0.5, 0.6) is 5.75 Å². The third-order valence-corrected chi connectivity index (χ3v) is 3.77. The van der Waals surface area contributed by atoms with E-state index >= 15 is 0 Å². The lowest BCUT2D eigenvalue weighted by molar-refractivity contribution is -0.128. The maximum atomic E-state index is 11.9. The van der Waals surface area contributed by atoms with Gasteiger partial charge in [-0.05, 0) is 46.2 Å².